The molecule has 0 aromatic heterocycles. The van der Waals surface area contributed by atoms with Crippen LogP contribution in [0.15, 0.2) is 24.3 Å². The number of amides is 2. The Bertz CT molecular complexity index is 1260. The van der Waals surface area contributed by atoms with Crippen LogP contribution in [0.2, 0.25) is 0 Å². The number of fused-ring (bicyclic) bond motifs is 2. The van der Waals surface area contributed by atoms with Crippen LogP contribution in [0.1, 0.15) is 20.3 Å². The predicted octanol–water partition coefficient (Wildman–Crippen LogP) is 1.06. The van der Waals surface area contributed by atoms with Gasteiger partial charge in [-0.1, -0.05) is 13.0 Å². The van der Waals surface area contributed by atoms with Crippen LogP contribution >= 0.6 is 0 Å². The summed E-state index contributed by atoms with van der Waals surface area (Å²) in [7, 11) is -5.98. The van der Waals surface area contributed by atoms with Gasteiger partial charge in [-0.05, 0) is 37.5 Å². The van der Waals surface area contributed by atoms with Crippen molar-refractivity contribution in [1.82, 2.24) is 9.80 Å². The SMILES string of the molecule is CC12CC3CN(c4cccc(N5CCS(=O)(=O)CC5)c4)C1C2(C)N(C(=O)N1CCS(=O)(=O)CC1)C3. The average Bonchev–Trinajstić information content (AvgIpc) is 3.38. The van der Waals surface area contributed by atoms with Crippen LogP contribution in [0.3, 0.4) is 0 Å². The number of anilines is 2. The molecule has 35 heavy (non-hydrogen) atoms. The van der Waals surface area contributed by atoms with E-state index in [1.807, 2.05) is 17.0 Å². The Morgan fingerprint density at radius 2 is 1.49 bits per heavy atom. The molecular formula is C24H34N4O5S2. The van der Waals surface area contributed by atoms with Crippen molar-refractivity contribution < 1.29 is 21.6 Å². The Labute approximate surface area is 207 Å². The Balaban J connectivity index is 1.25. The van der Waals surface area contributed by atoms with Gasteiger partial charge in [0.05, 0.1) is 34.6 Å². The summed E-state index contributed by atoms with van der Waals surface area (Å²) >= 11 is 0. The Hall–Kier alpha value is -2.01. The summed E-state index contributed by atoms with van der Waals surface area (Å²) in [5.41, 5.74) is 1.85. The van der Waals surface area contributed by atoms with Crippen LogP contribution in [-0.2, 0) is 19.7 Å². The molecule has 4 heterocycles. The third-order valence-electron chi connectivity index (χ3n) is 9.41. The number of carbonyl (C=O) groups excluding carboxylic acids is 1. The number of piperidine rings is 2. The molecule has 6 rings (SSSR count). The van der Waals surface area contributed by atoms with Crippen LogP contribution in [-0.4, -0.2) is 107 Å². The van der Waals surface area contributed by atoms with E-state index in [2.05, 4.69) is 35.8 Å². The maximum atomic E-state index is 13.6. The highest BCUT2D eigenvalue weighted by Gasteiger charge is 2.80. The number of nitrogens with zero attached hydrogens (tertiary/aromatic N) is 4. The molecule has 1 aromatic carbocycles. The van der Waals surface area contributed by atoms with Crippen molar-refractivity contribution in [3.05, 3.63) is 24.3 Å². The summed E-state index contributed by atoms with van der Waals surface area (Å²) in [6.45, 7) is 7.65. The first kappa shape index (κ1) is 23.4. The minimum Gasteiger partial charge on any atom is -0.369 e. The second-order valence-corrected chi connectivity index (χ2v) is 16.0. The molecule has 2 bridgehead atoms. The maximum Gasteiger partial charge on any atom is 0.320 e. The lowest BCUT2D eigenvalue weighted by atomic mass is 9.82. The van der Waals surface area contributed by atoms with E-state index in [-0.39, 0.29) is 59.1 Å². The fourth-order valence-corrected chi connectivity index (χ4v) is 9.71. The molecule has 9 nitrogen and oxygen atoms in total. The van der Waals surface area contributed by atoms with Gasteiger partial charge in [-0.15, -0.1) is 0 Å². The molecule has 4 atom stereocenters. The third kappa shape index (κ3) is 3.55. The van der Waals surface area contributed by atoms with E-state index < -0.39 is 19.7 Å². The number of urea groups is 1. The van der Waals surface area contributed by atoms with Gasteiger partial charge in [0, 0.05) is 56.1 Å². The van der Waals surface area contributed by atoms with Gasteiger partial charge in [-0.25, -0.2) is 21.6 Å². The lowest BCUT2D eigenvalue weighted by Crippen LogP contribution is -2.57. The third-order valence-corrected chi connectivity index (χ3v) is 12.6. The molecule has 5 aliphatic rings. The number of hydrogen-bond acceptors (Lipinski definition) is 7. The standard InChI is InChI=1S/C24H34N4O5S2/c1-23-15-18-16-27(20-5-3-4-19(14-20)25-6-10-34(30,31)11-7-25)21(23)24(23,2)28(17-18)22(29)26-8-12-35(32,33)13-9-26/h3-5,14,18,21H,6-13,15-17H2,1-2H3. The highest BCUT2D eigenvalue weighted by Crippen LogP contribution is 2.70. The van der Waals surface area contributed by atoms with E-state index in [1.54, 1.807) is 4.90 Å². The fourth-order valence-electron chi connectivity index (χ4n) is 7.31. The molecule has 1 aromatic rings. The molecule has 192 valence electrons. The topological polar surface area (TPSA) is 98.3 Å². The van der Waals surface area contributed by atoms with Crippen molar-refractivity contribution in [2.45, 2.75) is 31.8 Å². The predicted molar refractivity (Wildman–Crippen MR) is 135 cm³/mol. The van der Waals surface area contributed by atoms with Crippen LogP contribution in [0.25, 0.3) is 0 Å². The Morgan fingerprint density at radius 3 is 2.14 bits per heavy atom. The number of hydrogen-bond donors (Lipinski definition) is 0. The Morgan fingerprint density at radius 1 is 0.886 bits per heavy atom. The zero-order valence-electron chi connectivity index (χ0n) is 20.4. The van der Waals surface area contributed by atoms with Gasteiger partial charge in [0.1, 0.15) is 0 Å². The van der Waals surface area contributed by atoms with Crippen LogP contribution in [0, 0.1) is 11.3 Å². The zero-order chi connectivity index (χ0) is 24.8. The molecular weight excluding hydrogens is 488 g/mol. The number of benzene rings is 1. The second kappa shape index (κ2) is 7.50. The molecule has 0 spiro atoms. The number of carbonyl (C=O) groups is 1. The number of sulfone groups is 2. The van der Waals surface area contributed by atoms with E-state index in [4.69, 9.17) is 0 Å². The summed E-state index contributed by atoms with van der Waals surface area (Å²) < 4.78 is 47.5. The van der Waals surface area contributed by atoms with Gasteiger partial charge in [0.15, 0.2) is 19.7 Å². The molecule has 4 unspecified atom stereocenters. The maximum absolute atomic E-state index is 13.6. The van der Waals surface area contributed by atoms with Crippen LogP contribution < -0.4 is 9.80 Å². The summed E-state index contributed by atoms with van der Waals surface area (Å²) in [5.74, 6) is 0.829. The first-order chi connectivity index (χ1) is 16.4. The van der Waals surface area contributed by atoms with Gasteiger partial charge in [-0.2, -0.15) is 0 Å². The fraction of sp³-hybridized carbons (Fsp3) is 0.708. The van der Waals surface area contributed by atoms with E-state index in [0.717, 1.165) is 24.3 Å². The minimum absolute atomic E-state index is 0.0130. The van der Waals surface area contributed by atoms with Gasteiger partial charge in [0.25, 0.3) is 0 Å². The molecule has 0 N–H and O–H groups in total. The van der Waals surface area contributed by atoms with Crippen molar-refractivity contribution in [3.63, 3.8) is 0 Å². The molecule has 1 saturated carbocycles. The van der Waals surface area contributed by atoms with Crippen molar-refractivity contribution in [1.29, 1.82) is 0 Å². The van der Waals surface area contributed by atoms with Crippen molar-refractivity contribution >= 4 is 37.1 Å². The quantitative estimate of drug-likeness (QED) is 0.573. The summed E-state index contributed by atoms with van der Waals surface area (Å²) in [4.78, 5) is 22.0. The number of likely N-dealkylation sites (tertiary alicyclic amines) is 1. The normalized spacial score (nSPS) is 37.2. The van der Waals surface area contributed by atoms with E-state index in [9.17, 15) is 21.6 Å². The van der Waals surface area contributed by atoms with Crippen LogP contribution in [0.5, 0.6) is 0 Å². The average molecular weight is 523 g/mol. The summed E-state index contributed by atoms with van der Waals surface area (Å²) in [5, 5.41) is 0. The highest BCUT2D eigenvalue weighted by molar-refractivity contribution is 7.91. The van der Waals surface area contributed by atoms with Gasteiger partial charge in [0.2, 0.25) is 0 Å². The Kier molecular flexibility index (Phi) is 5.01. The smallest absolute Gasteiger partial charge is 0.320 e. The van der Waals surface area contributed by atoms with Crippen molar-refractivity contribution in [2.24, 2.45) is 11.3 Å². The second-order valence-electron chi connectivity index (χ2n) is 11.4. The minimum atomic E-state index is -3.04. The molecule has 4 saturated heterocycles. The highest BCUT2D eigenvalue weighted by atomic mass is 32.2. The van der Waals surface area contributed by atoms with Gasteiger partial charge < -0.3 is 19.6 Å². The first-order valence-electron chi connectivity index (χ1n) is 12.5. The zero-order valence-corrected chi connectivity index (χ0v) is 22.0. The molecule has 5 fully saturated rings. The van der Waals surface area contributed by atoms with E-state index >= 15 is 0 Å². The van der Waals surface area contributed by atoms with Crippen LogP contribution in [0.4, 0.5) is 16.2 Å². The molecule has 2 amide bonds. The molecule has 1 aliphatic carbocycles. The van der Waals surface area contributed by atoms with Gasteiger partial charge in [-0.3, -0.25) is 0 Å². The van der Waals surface area contributed by atoms with Crippen molar-refractivity contribution in [3.8, 4) is 0 Å². The molecule has 11 heteroatoms. The summed E-state index contributed by atoms with van der Waals surface area (Å²) in [6, 6.07) is 8.57. The summed E-state index contributed by atoms with van der Waals surface area (Å²) in [6.07, 6.45) is 1.09. The van der Waals surface area contributed by atoms with Crippen molar-refractivity contribution in [2.75, 3.05) is 72.1 Å². The van der Waals surface area contributed by atoms with Gasteiger partial charge >= 0.3 is 6.03 Å². The number of rotatable bonds is 2. The first-order valence-corrected chi connectivity index (χ1v) is 16.2. The molecule has 0 radical (unpaired) electrons. The van der Waals surface area contributed by atoms with E-state index in [1.165, 1.54) is 0 Å². The van der Waals surface area contributed by atoms with E-state index in [0.29, 0.717) is 25.6 Å². The molecule has 4 aliphatic heterocycles. The largest absolute Gasteiger partial charge is 0.369 e. The lowest BCUT2D eigenvalue weighted by molar-refractivity contribution is 0.0777. The monoisotopic (exact) mass is 522 g/mol. The lowest BCUT2D eigenvalue weighted by Gasteiger charge is -2.44.